The number of aryl methyl sites for hydroxylation is 1. The van der Waals surface area contributed by atoms with E-state index < -0.39 is 6.29 Å². The Kier molecular flexibility index (Phi) is 3.69. The van der Waals surface area contributed by atoms with E-state index in [2.05, 4.69) is 19.5 Å². The predicted molar refractivity (Wildman–Crippen MR) is 82.7 cm³/mol. The Morgan fingerprint density at radius 1 is 1.09 bits per heavy atom. The first-order valence-corrected chi connectivity index (χ1v) is 6.76. The third-order valence-electron chi connectivity index (χ3n) is 3.14. The number of aliphatic imine (C=N–C) groups is 2. The summed E-state index contributed by atoms with van der Waals surface area (Å²) in [4.78, 5) is 8.07. The molecular formula is C16H13F2N3O2. The monoisotopic (exact) mass is 317 g/mol. The van der Waals surface area contributed by atoms with E-state index in [1.165, 1.54) is 24.5 Å². The van der Waals surface area contributed by atoms with Crippen LogP contribution in [-0.2, 0) is 0 Å². The summed E-state index contributed by atoms with van der Waals surface area (Å²) >= 11 is 0. The first-order chi connectivity index (χ1) is 10.9. The van der Waals surface area contributed by atoms with Crippen LogP contribution >= 0.6 is 0 Å². The highest BCUT2D eigenvalue weighted by molar-refractivity contribution is 6.01. The summed E-state index contributed by atoms with van der Waals surface area (Å²) in [5.41, 5.74) is 8.13. The lowest BCUT2D eigenvalue weighted by atomic mass is 10.1. The summed E-state index contributed by atoms with van der Waals surface area (Å²) in [6, 6.07) is 11.8. The fraction of sp³-hybridized carbons (Fsp3) is 0.125. The number of fused-ring (bicyclic) bond motifs is 1. The predicted octanol–water partition coefficient (Wildman–Crippen LogP) is 3.38. The van der Waals surface area contributed by atoms with E-state index in [1.807, 2.05) is 31.2 Å². The number of amidine groups is 1. The smallest absolute Gasteiger partial charge is 0.395 e. The van der Waals surface area contributed by atoms with Crippen LogP contribution in [0.25, 0.3) is 0 Å². The van der Waals surface area contributed by atoms with E-state index in [1.54, 1.807) is 0 Å². The van der Waals surface area contributed by atoms with E-state index in [9.17, 15) is 8.78 Å². The maximum atomic E-state index is 12.9. The molecule has 0 amide bonds. The van der Waals surface area contributed by atoms with Crippen molar-refractivity contribution in [2.75, 3.05) is 0 Å². The number of hydrogen-bond donors (Lipinski definition) is 1. The Morgan fingerprint density at radius 2 is 1.78 bits per heavy atom. The van der Waals surface area contributed by atoms with Gasteiger partial charge in [-0.05, 0) is 19.1 Å². The highest BCUT2D eigenvalue weighted by atomic mass is 19.3. The molecule has 1 heterocycles. The molecule has 23 heavy (non-hydrogen) atoms. The first-order valence-electron chi connectivity index (χ1n) is 6.76. The lowest BCUT2D eigenvalue weighted by Crippen LogP contribution is -2.25. The summed E-state index contributed by atoms with van der Waals surface area (Å²) in [6.45, 7) is 1.97. The molecule has 0 bridgehead atoms. The number of ether oxygens (including phenoxy) is 2. The van der Waals surface area contributed by atoms with Crippen LogP contribution in [0.2, 0.25) is 0 Å². The molecule has 0 radical (unpaired) electrons. The molecule has 0 fully saturated rings. The fourth-order valence-electron chi connectivity index (χ4n) is 1.97. The van der Waals surface area contributed by atoms with Gasteiger partial charge in [0, 0.05) is 11.6 Å². The third-order valence-corrected chi connectivity index (χ3v) is 3.14. The van der Waals surface area contributed by atoms with Gasteiger partial charge in [0.05, 0.1) is 5.69 Å². The second-order valence-corrected chi connectivity index (χ2v) is 4.92. The molecule has 1 aliphatic heterocycles. The van der Waals surface area contributed by atoms with Crippen LogP contribution in [0.4, 0.5) is 14.5 Å². The van der Waals surface area contributed by atoms with E-state index in [0.29, 0.717) is 11.5 Å². The van der Waals surface area contributed by atoms with Crippen molar-refractivity contribution in [1.29, 1.82) is 0 Å². The minimum absolute atomic E-state index is 0.0309. The van der Waals surface area contributed by atoms with Crippen molar-refractivity contribution in [1.82, 2.24) is 0 Å². The van der Waals surface area contributed by atoms with E-state index in [4.69, 9.17) is 5.73 Å². The zero-order valence-electron chi connectivity index (χ0n) is 12.2. The van der Waals surface area contributed by atoms with Gasteiger partial charge in [-0.2, -0.15) is 0 Å². The van der Waals surface area contributed by atoms with Gasteiger partial charge in [-0.3, -0.25) is 0 Å². The standard InChI is InChI=1S/C16H13F2N3O2/c1-10-2-4-11(5-3-10)15(19)21-9-20-12-6-7-13-14(8-12)23-16(17,18)22-13/h2-9H,1H3,(H2,19,20,21). The Hall–Kier alpha value is -2.96. The van der Waals surface area contributed by atoms with Crippen LogP contribution in [0.5, 0.6) is 11.5 Å². The summed E-state index contributed by atoms with van der Waals surface area (Å²) in [7, 11) is 0. The Bertz CT molecular complexity index is 786. The number of halogens is 2. The molecule has 2 aromatic rings. The van der Waals surface area contributed by atoms with Crippen molar-refractivity contribution in [3.63, 3.8) is 0 Å². The molecule has 0 saturated heterocycles. The fourth-order valence-corrected chi connectivity index (χ4v) is 1.97. The Morgan fingerprint density at radius 3 is 2.52 bits per heavy atom. The van der Waals surface area contributed by atoms with Gasteiger partial charge in [0.1, 0.15) is 12.2 Å². The SMILES string of the molecule is Cc1ccc(C(N)=NC=Nc2ccc3c(c2)OC(F)(F)O3)cc1. The normalized spacial score (nSPS) is 16.0. The van der Waals surface area contributed by atoms with E-state index >= 15 is 0 Å². The van der Waals surface area contributed by atoms with Crippen LogP contribution in [0, 0.1) is 6.92 Å². The van der Waals surface area contributed by atoms with Crippen LogP contribution in [0.15, 0.2) is 52.4 Å². The zero-order chi connectivity index (χ0) is 16.4. The molecule has 1 aliphatic rings. The minimum atomic E-state index is -3.64. The lowest BCUT2D eigenvalue weighted by Gasteiger charge is -2.04. The van der Waals surface area contributed by atoms with Gasteiger partial charge in [-0.25, -0.2) is 9.98 Å². The zero-order valence-corrected chi connectivity index (χ0v) is 12.2. The second-order valence-electron chi connectivity index (χ2n) is 4.92. The molecule has 118 valence electrons. The molecule has 0 saturated carbocycles. The van der Waals surface area contributed by atoms with Crippen molar-refractivity contribution < 1.29 is 18.3 Å². The number of alkyl halides is 2. The molecule has 2 N–H and O–H groups in total. The Balaban J connectivity index is 1.74. The van der Waals surface area contributed by atoms with Gasteiger partial charge in [-0.15, -0.1) is 8.78 Å². The van der Waals surface area contributed by atoms with Crippen molar-refractivity contribution >= 4 is 17.9 Å². The van der Waals surface area contributed by atoms with Crippen molar-refractivity contribution in [3.05, 3.63) is 53.6 Å². The van der Waals surface area contributed by atoms with Gasteiger partial charge < -0.3 is 15.2 Å². The van der Waals surface area contributed by atoms with Gasteiger partial charge in [-0.1, -0.05) is 29.8 Å². The average Bonchev–Trinajstić information content (AvgIpc) is 2.81. The van der Waals surface area contributed by atoms with E-state index in [-0.39, 0.29) is 11.5 Å². The van der Waals surface area contributed by atoms with Gasteiger partial charge in [0.2, 0.25) is 0 Å². The van der Waals surface area contributed by atoms with Crippen LogP contribution in [-0.4, -0.2) is 18.5 Å². The largest absolute Gasteiger partial charge is 0.586 e. The maximum absolute atomic E-state index is 12.9. The molecular weight excluding hydrogens is 304 g/mol. The molecule has 0 aromatic heterocycles. The van der Waals surface area contributed by atoms with Crippen molar-refractivity contribution in [2.45, 2.75) is 13.2 Å². The van der Waals surface area contributed by atoms with Gasteiger partial charge >= 0.3 is 6.29 Å². The second kappa shape index (κ2) is 5.68. The molecule has 2 aromatic carbocycles. The van der Waals surface area contributed by atoms with Crippen LogP contribution in [0.3, 0.4) is 0 Å². The van der Waals surface area contributed by atoms with Gasteiger partial charge in [0.15, 0.2) is 11.5 Å². The van der Waals surface area contributed by atoms with Crippen molar-refractivity contribution in [2.24, 2.45) is 15.7 Å². The van der Waals surface area contributed by atoms with Gasteiger partial charge in [0.25, 0.3) is 0 Å². The topological polar surface area (TPSA) is 69.2 Å². The molecule has 0 atom stereocenters. The maximum Gasteiger partial charge on any atom is 0.586 e. The quantitative estimate of drug-likeness (QED) is 0.697. The van der Waals surface area contributed by atoms with Crippen molar-refractivity contribution in [3.8, 4) is 11.5 Å². The summed E-state index contributed by atoms with van der Waals surface area (Å²) in [5, 5.41) is 0. The van der Waals surface area contributed by atoms with E-state index in [0.717, 1.165) is 11.1 Å². The number of benzene rings is 2. The van der Waals surface area contributed by atoms with Crippen LogP contribution in [0.1, 0.15) is 11.1 Å². The number of rotatable bonds is 3. The molecule has 0 spiro atoms. The van der Waals surface area contributed by atoms with Crippen LogP contribution < -0.4 is 15.2 Å². The lowest BCUT2D eigenvalue weighted by molar-refractivity contribution is -0.286. The molecule has 0 aliphatic carbocycles. The summed E-state index contributed by atoms with van der Waals surface area (Å²) in [6.07, 6.45) is -2.39. The average molecular weight is 317 g/mol. The number of nitrogens with two attached hydrogens (primary N) is 1. The number of nitrogens with zero attached hydrogens (tertiary/aromatic N) is 2. The minimum Gasteiger partial charge on any atom is -0.395 e. The third kappa shape index (κ3) is 3.45. The molecule has 7 heteroatoms. The molecule has 3 rings (SSSR count). The molecule has 5 nitrogen and oxygen atoms in total. The summed E-state index contributed by atoms with van der Waals surface area (Å²) in [5.74, 6) is 0.206. The molecule has 0 unspecified atom stereocenters. The summed E-state index contributed by atoms with van der Waals surface area (Å²) < 4.78 is 34.5. The first kappa shape index (κ1) is 15.0. The number of hydrogen-bond acceptors (Lipinski definition) is 3. The highest BCUT2D eigenvalue weighted by Crippen LogP contribution is 2.42. The highest BCUT2D eigenvalue weighted by Gasteiger charge is 2.43. The Labute approximate surface area is 131 Å².